The third-order valence-electron chi connectivity index (χ3n) is 5.60. The van der Waals surface area contributed by atoms with E-state index in [9.17, 15) is 9.59 Å². The van der Waals surface area contributed by atoms with Crippen molar-refractivity contribution in [1.29, 1.82) is 0 Å². The summed E-state index contributed by atoms with van der Waals surface area (Å²) < 4.78 is 14.3. The highest BCUT2D eigenvalue weighted by Gasteiger charge is 2.31. The number of aryl methyl sites for hydroxylation is 4. The molecule has 0 N–H and O–H groups in total. The second-order valence-electron chi connectivity index (χ2n) is 8.71. The lowest BCUT2D eigenvalue weighted by molar-refractivity contribution is -0.158. The SMILES string of the molecule is CCCc1nn(C)c2c(=O)n(CCCc3ccc(OC(C)(C)C(=O)OCC)cc3)c(C)nc12. The smallest absolute Gasteiger partial charge is 0.349 e. The standard InChI is InChI=1S/C25H34N4O4/c1-7-10-20-21-22(28(6)27-20)23(30)29(17(3)26-21)16-9-11-18-12-14-19(15-13-18)33-25(4,5)24(31)32-8-2/h12-15H,7-11,16H2,1-6H3. The summed E-state index contributed by atoms with van der Waals surface area (Å²) in [7, 11) is 1.80. The zero-order valence-corrected chi connectivity index (χ0v) is 20.5. The fourth-order valence-electron chi connectivity index (χ4n) is 3.90. The summed E-state index contributed by atoms with van der Waals surface area (Å²) in [5.74, 6) is 0.927. The van der Waals surface area contributed by atoms with E-state index < -0.39 is 11.6 Å². The summed E-state index contributed by atoms with van der Waals surface area (Å²) >= 11 is 0. The highest BCUT2D eigenvalue weighted by molar-refractivity contribution is 5.79. The molecule has 0 atom stereocenters. The first-order valence-corrected chi connectivity index (χ1v) is 11.6. The summed E-state index contributed by atoms with van der Waals surface area (Å²) in [4.78, 5) is 29.8. The third-order valence-corrected chi connectivity index (χ3v) is 5.60. The average molecular weight is 455 g/mol. The van der Waals surface area contributed by atoms with Crippen molar-refractivity contribution in [3.63, 3.8) is 0 Å². The zero-order valence-electron chi connectivity index (χ0n) is 20.5. The monoisotopic (exact) mass is 454 g/mol. The molecule has 0 saturated heterocycles. The molecule has 0 unspecified atom stereocenters. The zero-order chi connectivity index (χ0) is 24.2. The molecule has 3 rings (SSSR count). The van der Waals surface area contributed by atoms with Crippen LogP contribution in [0.2, 0.25) is 0 Å². The largest absolute Gasteiger partial charge is 0.476 e. The molecule has 0 saturated carbocycles. The average Bonchev–Trinajstić information content (AvgIpc) is 3.06. The Kier molecular flexibility index (Phi) is 7.56. The van der Waals surface area contributed by atoms with Crippen molar-refractivity contribution < 1.29 is 14.3 Å². The lowest BCUT2D eigenvalue weighted by Crippen LogP contribution is -2.39. The molecule has 178 valence electrons. The predicted octanol–water partition coefficient (Wildman–Crippen LogP) is 3.74. The summed E-state index contributed by atoms with van der Waals surface area (Å²) in [5.41, 5.74) is 2.21. The molecule has 0 aliphatic carbocycles. The molecule has 33 heavy (non-hydrogen) atoms. The molecule has 2 aromatic heterocycles. The van der Waals surface area contributed by atoms with Crippen LogP contribution in [0.25, 0.3) is 11.0 Å². The minimum absolute atomic E-state index is 0.0419. The number of esters is 1. The van der Waals surface area contributed by atoms with Crippen LogP contribution in [-0.2, 0) is 36.0 Å². The van der Waals surface area contributed by atoms with Gasteiger partial charge in [0.2, 0.25) is 0 Å². The minimum atomic E-state index is -1.05. The highest BCUT2D eigenvalue weighted by atomic mass is 16.6. The molecule has 0 bridgehead atoms. The van der Waals surface area contributed by atoms with Crippen LogP contribution in [0.4, 0.5) is 0 Å². The van der Waals surface area contributed by atoms with E-state index in [1.54, 1.807) is 37.1 Å². The van der Waals surface area contributed by atoms with Crippen molar-refractivity contribution in [2.75, 3.05) is 6.61 Å². The maximum atomic E-state index is 13.1. The van der Waals surface area contributed by atoms with E-state index >= 15 is 0 Å². The van der Waals surface area contributed by atoms with E-state index in [0.29, 0.717) is 30.2 Å². The van der Waals surface area contributed by atoms with Gasteiger partial charge in [-0.1, -0.05) is 25.5 Å². The number of aromatic nitrogens is 4. The van der Waals surface area contributed by atoms with Gasteiger partial charge in [-0.05, 0) is 64.7 Å². The van der Waals surface area contributed by atoms with Gasteiger partial charge in [-0.25, -0.2) is 9.78 Å². The molecule has 0 spiro atoms. The van der Waals surface area contributed by atoms with Gasteiger partial charge >= 0.3 is 5.97 Å². The second kappa shape index (κ2) is 10.2. The van der Waals surface area contributed by atoms with Gasteiger partial charge in [0.15, 0.2) is 11.1 Å². The van der Waals surface area contributed by atoms with Crippen molar-refractivity contribution in [3.05, 3.63) is 51.7 Å². The Labute approximate surface area is 194 Å². The molecule has 2 heterocycles. The molecule has 0 fully saturated rings. The maximum Gasteiger partial charge on any atom is 0.349 e. The molecular weight excluding hydrogens is 420 g/mol. The normalized spacial score (nSPS) is 11.7. The molecule has 1 aromatic carbocycles. The number of fused-ring (bicyclic) bond motifs is 1. The number of carbonyl (C=O) groups is 1. The maximum absolute atomic E-state index is 13.1. The number of ether oxygens (including phenoxy) is 2. The number of hydrogen-bond donors (Lipinski definition) is 0. The highest BCUT2D eigenvalue weighted by Crippen LogP contribution is 2.21. The predicted molar refractivity (Wildman–Crippen MR) is 128 cm³/mol. The van der Waals surface area contributed by atoms with E-state index in [4.69, 9.17) is 14.5 Å². The van der Waals surface area contributed by atoms with Crippen LogP contribution >= 0.6 is 0 Å². The van der Waals surface area contributed by atoms with Crippen LogP contribution in [0.15, 0.2) is 29.1 Å². The van der Waals surface area contributed by atoms with E-state index in [1.165, 1.54) is 0 Å². The van der Waals surface area contributed by atoms with Gasteiger partial charge in [0.25, 0.3) is 5.56 Å². The Morgan fingerprint density at radius 3 is 2.45 bits per heavy atom. The molecule has 0 aliphatic heterocycles. The van der Waals surface area contributed by atoms with Crippen molar-refractivity contribution in [2.24, 2.45) is 7.05 Å². The van der Waals surface area contributed by atoms with Crippen LogP contribution in [-0.4, -0.2) is 37.5 Å². The molecule has 3 aromatic rings. The lowest BCUT2D eigenvalue weighted by atomic mass is 10.1. The van der Waals surface area contributed by atoms with Crippen LogP contribution in [0.1, 0.15) is 57.6 Å². The van der Waals surface area contributed by atoms with Gasteiger partial charge < -0.3 is 9.47 Å². The second-order valence-corrected chi connectivity index (χ2v) is 8.71. The van der Waals surface area contributed by atoms with Gasteiger partial charge in [0, 0.05) is 13.6 Å². The van der Waals surface area contributed by atoms with Crippen molar-refractivity contribution in [1.82, 2.24) is 19.3 Å². The molecule has 0 aliphatic rings. The molecular formula is C25H34N4O4. The topological polar surface area (TPSA) is 88.2 Å². The van der Waals surface area contributed by atoms with E-state index in [2.05, 4.69) is 12.0 Å². The van der Waals surface area contributed by atoms with E-state index in [-0.39, 0.29) is 5.56 Å². The first-order valence-electron chi connectivity index (χ1n) is 11.6. The Balaban J connectivity index is 1.66. The van der Waals surface area contributed by atoms with Crippen molar-refractivity contribution in [2.45, 2.75) is 72.4 Å². The Hall–Kier alpha value is -3.16. The number of rotatable bonds is 10. The first kappa shape index (κ1) is 24.5. The van der Waals surface area contributed by atoms with E-state index in [0.717, 1.165) is 42.5 Å². The Morgan fingerprint density at radius 2 is 1.82 bits per heavy atom. The van der Waals surface area contributed by atoms with Gasteiger partial charge in [0.1, 0.15) is 17.1 Å². The van der Waals surface area contributed by atoms with Crippen molar-refractivity contribution >= 4 is 17.0 Å². The molecule has 8 nitrogen and oxygen atoms in total. The van der Waals surface area contributed by atoms with Gasteiger partial charge in [-0.2, -0.15) is 5.10 Å². The fourth-order valence-corrected chi connectivity index (χ4v) is 3.90. The van der Waals surface area contributed by atoms with Gasteiger partial charge in [0.05, 0.1) is 12.3 Å². The first-order chi connectivity index (χ1) is 15.7. The van der Waals surface area contributed by atoms with Crippen LogP contribution in [0.5, 0.6) is 5.75 Å². The third kappa shape index (κ3) is 5.43. The summed E-state index contributed by atoms with van der Waals surface area (Å²) in [5, 5.41) is 4.51. The number of carbonyl (C=O) groups excluding carboxylic acids is 1. The molecule has 0 amide bonds. The van der Waals surface area contributed by atoms with Gasteiger partial charge in [-0.15, -0.1) is 0 Å². The minimum Gasteiger partial charge on any atom is -0.476 e. The number of hydrogen-bond acceptors (Lipinski definition) is 6. The Morgan fingerprint density at radius 1 is 1.12 bits per heavy atom. The van der Waals surface area contributed by atoms with Crippen LogP contribution in [0, 0.1) is 6.92 Å². The van der Waals surface area contributed by atoms with E-state index in [1.807, 2.05) is 31.2 Å². The molecule has 8 heteroatoms. The number of benzene rings is 1. The van der Waals surface area contributed by atoms with Crippen LogP contribution < -0.4 is 10.3 Å². The summed E-state index contributed by atoms with van der Waals surface area (Å²) in [6.07, 6.45) is 3.37. The summed E-state index contributed by atoms with van der Waals surface area (Å²) in [6.45, 7) is 10.0. The fraction of sp³-hybridized carbons (Fsp3) is 0.520. The number of nitrogens with zero attached hydrogens (tertiary/aromatic N) is 4. The summed E-state index contributed by atoms with van der Waals surface area (Å²) in [6, 6.07) is 7.66. The quantitative estimate of drug-likeness (QED) is 0.434. The Bertz CT molecular complexity index is 1180. The van der Waals surface area contributed by atoms with Gasteiger partial charge in [-0.3, -0.25) is 14.0 Å². The molecule has 0 radical (unpaired) electrons. The lowest BCUT2D eigenvalue weighted by Gasteiger charge is -2.24. The van der Waals surface area contributed by atoms with Crippen molar-refractivity contribution in [3.8, 4) is 5.75 Å². The van der Waals surface area contributed by atoms with Crippen LogP contribution in [0.3, 0.4) is 0 Å².